The Morgan fingerprint density at radius 2 is 2.08 bits per heavy atom. The molecule has 2 heterocycles. The Bertz CT molecular complexity index is 829. The minimum atomic E-state index is -3.42. The smallest absolute Gasteiger partial charge is 0.337 e. The summed E-state index contributed by atoms with van der Waals surface area (Å²) < 4.78 is 33.1. The molecular formula is C15H19N3O5S. The predicted octanol–water partition coefficient (Wildman–Crippen LogP) is 1.18. The number of pyridine rings is 1. The Morgan fingerprint density at radius 3 is 2.75 bits per heavy atom. The number of aromatic nitrogens is 3. The van der Waals surface area contributed by atoms with Gasteiger partial charge in [0, 0.05) is 25.1 Å². The van der Waals surface area contributed by atoms with Gasteiger partial charge in [0.05, 0.1) is 25.5 Å². The van der Waals surface area contributed by atoms with Gasteiger partial charge in [0.15, 0.2) is 5.82 Å². The summed E-state index contributed by atoms with van der Waals surface area (Å²) in [5.74, 6) is 0.172. The Balaban J connectivity index is 2.11. The Labute approximate surface area is 140 Å². The summed E-state index contributed by atoms with van der Waals surface area (Å²) in [6.45, 7) is 0.120. The highest BCUT2D eigenvalue weighted by molar-refractivity contribution is 7.85. The van der Waals surface area contributed by atoms with Gasteiger partial charge in [-0.15, -0.1) is 0 Å². The number of ether oxygens (including phenoxy) is 1. The van der Waals surface area contributed by atoms with Crippen LogP contribution < -0.4 is 0 Å². The van der Waals surface area contributed by atoms with Gasteiger partial charge in [0.25, 0.3) is 10.1 Å². The van der Waals surface area contributed by atoms with Gasteiger partial charge >= 0.3 is 5.97 Å². The van der Waals surface area contributed by atoms with Crippen LogP contribution in [0.2, 0.25) is 0 Å². The Kier molecular flexibility index (Phi) is 5.68. The minimum Gasteiger partial charge on any atom is -0.465 e. The van der Waals surface area contributed by atoms with Crippen LogP contribution in [-0.2, 0) is 32.5 Å². The molecule has 2 aromatic heterocycles. The lowest BCUT2D eigenvalue weighted by Gasteiger charge is -2.07. The van der Waals surface area contributed by atoms with Crippen molar-refractivity contribution in [1.82, 2.24) is 14.5 Å². The van der Waals surface area contributed by atoms with Crippen molar-refractivity contribution in [3.8, 4) is 11.5 Å². The van der Waals surface area contributed by atoms with Crippen molar-refractivity contribution < 1.29 is 22.1 Å². The van der Waals surface area contributed by atoms with Crippen molar-refractivity contribution in [2.24, 2.45) is 7.05 Å². The molecule has 2 rings (SSSR count). The van der Waals surface area contributed by atoms with Crippen LogP contribution in [-0.4, -0.2) is 48.9 Å². The summed E-state index contributed by atoms with van der Waals surface area (Å²) in [6, 6.07) is 3.19. The van der Waals surface area contributed by atoms with Crippen LogP contribution in [0.5, 0.6) is 0 Å². The van der Waals surface area contributed by atoms with Crippen LogP contribution in [0.4, 0.5) is 0 Å². The second kappa shape index (κ2) is 7.54. The van der Waals surface area contributed by atoms with Crippen molar-refractivity contribution >= 4 is 16.1 Å². The van der Waals surface area contributed by atoms with Crippen LogP contribution in [0.3, 0.4) is 0 Å². The highest BCUT2D eigenvalue weighted by atomic mass is 32.2. The number of nitrogens with zero attached hydrogens (tertiary/aromatic N) is 3. The fraction of sp³-hybridized carbons (Fsp3) is 0.400. The molecule has 0 saturated carbocycles. The molecule has 2 aromatic rings. The fourth-order valence-electron chi connectivity index (χ4n) is 2.18. The van der Waals surface area contributed by atoms with E-state index in [4.69, 9.17) is 8.92 Å². The molecule has 0 fully saturated rings. The molecule has 0 saturated heterocycles. The molecule has 0 unspecified atom stereocenters. The molecule has 0 N–H and O–H groups in total. The van der Waals surface area contributed by atoms with E-state index in [1.54, 1.807) is 18.3 Å². The third-order valence-electron chi connectivity index (χ3n) is 3.37. The number of rotatable bonds is 7. The third-order valence-corrected chi connectivity index (χ3v) is 3.96. The lowest BCUT2D eigenvalue weighted by molar-refractivity contribution is 0.0600. The average molecular weight is 353 g/mol. The van der Waals surface area contributed by atoms with E-state index < -0.39 is 16.1 Å². The predicted molar refractivity (Wildman–Crippen MR) is 86.9 cm³/mol. The zero-order valence-electron chi connectivity index (χ0n) is 13.7. The summed E-state index contributed by atoms with van der Waals surface area (Å²) in [5.41, 5.74) is 1.86. The normalized spacial score (nSPS) is 11.5. The topological polar surface area (TPSA) is 100 Å². The van der Waals surface area contributed by atoms with E-state index in [1.165, 1.54) is 13.3 Å². The van der Waals surface area contributed by atoms with E-state index in [0.29, 0.717) is 29.9 Å². The quantitative estimate of drug-likeness (QED) is 0.418. The SMILES string of the molecule is COC(=O)c1ccnc(-c2ncc(CCCOS(C)(=O)=O)n2C)c1. The minimum absolute atomic E-state index is 0.120. The second-order valence-electron chi connectivity index (χ2n) is 5.18. The van der Waals surface area contributed by atoms with E-state index in [0.717, 1.165) is 11.9 Å². The van der Waals surface area contributed by atoms with Crippen LogP contribution in [0.15, 0.2) is 24.5 Å². The van der Waals surface area contributed by atoms with Gasteiger partial charge in [-0.05, 0) is 25.0 Å². The standard InChI is InChI=1S/C15H19N3O5S/c1-18-12(5-4-8-23-24(3,20)21)10-17-14(18)13-9-11(6-7-16-13)15(19)22-2/h6-7,9-10H,4-5,8H2,1-3H3. The van der Waals surface area contributed by atoms with Gasteiger partial charge in [-0.1, -0.05) is 0 Å². The summed E-state index contributed by atoms with van der Waals surface area (Å²) in [4.78, 5) is 20.2. The number of imidazole rings is 1. The second-order valence-corrected chi connectivity index (χ2v) is 6.83. The summed E-state index contributed by atoms with van der Waals surface area (Å²) in [5, 5.41) is 0. The summed E-state index contributed by atoms with van der Waals surface area (Å²) in [7, 11) is -0.264. The maximum atomic E-state index is 11.6. The third kappa shape index (κ3) is 4.62. The summed E-state index contributed by atoms with van der Waals surface area (Å²) in [6.07, 6.45) is 5.39. The van der Waals surface area contributed by atoms with E-state index in [-0.39, 0.29) is 6.61 Å². The van der Waals surface area contributed by atoms with Crippen LogP contribution in [0, 0.1) is 0 Å². The molecule has 0 aromatic carbocycles. The number of esters is 1. The molecule has 8 nitrogen and oxygen atoms in total. The lowest BCUT2D eigenvalue weighted by Crippen LogP contribution is -2.07. The zero-order chi connectivity index (χ0) is 17.7. The van der Waals surface area contributed by atoms with Gasteiger partial charge in [-0.2, -0.15) is 8.42 Å². The molecule has 24 heavy (non-hydrogen) atoms. The highest BCUT2D eigenvalue weighted by Crippen LogP contribution is 2.18. The van der Waals surface area contributed by atoms with Crippen molar-refractivity contribution in [3.05, 3.63) is 35.8 Å². The van der Waals surface area contributed by atoms with Crippen molar-refractivity contribution in [1.29, 1.82) is 0 Å². The molecule has 130 valence electrons. The maximum absolute atomic E-state index is 11.6. The lowest BCUT2D eigenvalue weighted by atomic mass is 10.2. The van der Waals surface area contributed by atoms with Gasteiger partial charge in [0.1, 0.15) is 5.69 Å². The first-order valence-corrected chi connectivity index (χ1v) is 9.03. The molecular weight excluding hydrogens is 334 g/mol. The van der Waals surface area contributed by atoms with E-state index >= 15 is 0 Å². The van der Waals surface area contributed by atoms with Crippen LogP contribution in [0.1, 0.15) is 22.5 Å². The van der Waals surface area contributed by atoms with E-state index in [2.05, 4.69) is 9.97 Å². The first kappa shape index (κ1) is 18.1. The van der Waals surface area contributed by atoms with Crippen LogP contribution in [0.25, 0.3) is 11.5 Å². The van der Waals surface area contributed by atoms with Gasteiger partial charge in [-0.3, -0.25) is 9.17 Å². The number of methoxy groups -OCH3 is 1. The number of carbonyl (C=O) groups is 1. The first-order chi connectivity index (χ1) is 11.3. The molecule has 0 bridgehead atoms. The molecule has 0 aliphatic carbocycles. The molecule has 9 heteroatoms. The number of aryl methyl sites for hydroxylation is 1. The van der Waals surface area contributed by atoms with Crippen LogP contribution >= 0.6 is 0 Å². The zero-order valence-corrected chi connectivity index (χ0v) is 14.5. The maximum Gasteiger partial charge on any atom is 0.337 e. The van der Waals surface area contributed by atoms with Gasteiger partial charge in [0.2, 0.25) is 0 Å². The molecule has 0 aliphatic rings. The van der Waals surface area contributed by atoms with Gasteiger partial charge in [-0.25, -0.2) is 9.78 Å². The number of carbonyl (C=O) groups excluding carboxylic acids is 1. The molecule has 0 atom stereocenters. The average Bonchev–Trinajstić information content (AvgIpc) is 2.91. The number of hydrogen-bond donors (Lipinski definition) is 0. The van der Waals surface area contributed by atoms with Crippen molar-refractivity contribution in [2.45, 2.75) is 12.8 Å². The van der Waals surface area contributed by atoms with E-state index in [1.807, 2.05) is 11.6 Å². The molecule has 0 aliphatic heterocycles. The fourth-order valence-corrected chi connectivity index (χ4v) is 2.60. The van der Waals surface area contributed by atoms with Crippen molar-refractivity contribution in [3.63, 3.8) is 0 Å². The molecule has 0 radical (unpaired) electrons. The largest absolute Gasteiger partial charge is 0.465 e. The molecule has 0 amide bonds. The molecule has 0 spiro atoms. The van der Waals surface area contributed by atoms with Crippen molar-refractivity contribution in [2.75, 3.05) is 20.0 Å². The Hall–Kier alpha value is -2.26. The summed E-state index contributed by atoms with van der Waals surface area (Å²) >= 11 is 0. The van der Waals surface area contributed by atoms with E-state index in [9.17, 15) is 13.2 Å². The monoisotopic (exact) mass is 353 g/mol. The number of hydrogen-bond acceptors (Lipinski definition) is 7. The first-order valence-electron chi connectivity index (χ1n) is 7.21. The van der Waals surface area contributed by atoms with Gasteiger partial charge < -0.3 is 9.30 Å². The Morgan fingerprint density at radius 1 is 1.33 bits per heavy atom. The highest BCUT2D eigenvalue weighted by Gasteiger charge is 2.13.